The molecule has 0 amide bonds. The third-order valence-corrected chi connectivity index (χ3v) is 3.54. The van der Waals surface area contributed by atoms with Crippen molar-refractivity contribution in [3.8, 4) is 0 Å². The molecule has 1 fully saturated rings. The lowest BCUT2D eigenvalue weighted by Gasteiger charge is -2.19. The fourth-order valence-electron chi connectivity index (χ4n) is 2.61. The molecule has 0 bridgehead atoms. The first-order valence-electron chi connectivity index (χ1n) is 6.46. The summed E-state index contributed by atoms with van der Waals surface area (Å²) in [5, 5.41) is 9.17. The Labute approximate surface area is 102 Å². The first kappa shape index (κ1) is 12.2. The van der Waals surface area contributed by atoms with Gasteiger partial charge in [0.15, 0.2) is 0 Å². The lowest BCUT2D eigenvalue weighted by molar-refractivity contribution is 0.0694. The Balaban J connectivity index is 2.29. The third kappa shape index (κ3) is 2.54. The van der Waals surface area contributed by atoms with Crippen molar-refractivity contribution in [2.75, 3.05) is 0 Å². The summed E-state index contributed by atoms with van der Waals surface area (Å²) in [6.45, 7) is 3.94. The van der Waals surface area contributed by atoms with Gasteiger partial charge in [-0.3, -0.25) is 0 Å². The van der Waals surface area contributed by atoms with E-state index in [1.165, 1.54) is 19.3 Å². The Kier molecular flexibility index (Phi) is 3.55. The van der Waals surface area contributed by atoms with Crippen molar-refractivity contribution < 1.29 is 14.3 Å². The van der Waals surface area contributed by atoms with Crippen LogP contribution in [0.4, 0.5) is 0 Å². The number of furan rings is 1. The Bertz CT molecular complexity index is 398. The molecule has 1 aromatic heterocycles. The van der Waals surface area contributed by atoms with Gasteiger partial charge in [-0.25, -0.2) is 4.79 Å². The van der Waals surface area contributed by atoms with E-state index in [9.17, 15) is 4.79 Å². The molecule has 17 heavy (non-hydrogen) atoms. The van der Waals surface area contributed by atoms with E-state index in [-0.39, 0.29) is 5.92 Å². The van der Waals surface area contributed by atoms with Crippen LogP contribution in [0.5, 0.6) is 0 Å². The van der Waals surface area contributed by atoms with Gasteiger partial charge in [-0.2, -0.15) is 0 Å². The molecule has 0 spiro atoms. The monoisotopic (exact) mass is 236 g/mol. The number of rotatable bonds is 3. The zero-order valence-corrected chi connectivity index (χ0v) is 10.5. The molecule has 1 saturated carbocycles. The molecule has 0 unspecified atom stereocenters. The number of hydrogen-bond donors (Lipinski definition) is 1. The van der Waals surface area contributed by atoms with Crippen LogP contribution in [0.2, 0.25) is 0 Å². The van der Waals surface area contributed by atoms with Gasteiger partial charge in [-0.05, 0) is 18.9 Å². The van der Waals surface area contributed by atoms with Crippen LogP contribution in [0.3, 0.4) is 0 Å². The van der Waals surface area contributed by atoms with Crippen molar-refractivity contribution in [1.29, 1.82) is 0 Å². The fraction of sp³-hybridized carbons (Fsp3) is 0.643. The lowest BCUT2D eigenvalue weighted by Crippen LogP contribution is -2.03. The standard InChI is InChI=1S/C14H20O3/c1-9(2)13-11(14(15)16)8-12(17-13)10-6-4-3-5-7-10/h8-10H,3-7H2,1-2H3,(H,15,16). The molecule has 3 nitrogen and oxygen atoms in total. The maximum atomic E-state index is 11.2. The molecule has 1 aliphatic rings. The van der Waals surface area contributed by atoms with Crippen LogP contribution in [0.1, 0.15) is 79.7 Å². The SMILES string of the molecule is CC(C)c1oc(C2CCCCC2)cc1C(=O)O. The van der Waals surface area contributed by atoms with Crippen molar-refractivity contribution in [3.63, 3.8) is 0 Å². The van der Waals surface area contributed by atoms with Gasteiger partial charge >= 0.3 is 5.97 Å². The highest BCUT2D eigenvalue weighted by Gasteiger charge is 2.25. The zero-order valence-electron chi connectivity index (χ0n) is 10.5. The van der Waals surface area contributed by atoms with E-state index >= 15 is 0 Å². The molecule has 1 aromatic rings. The summed E-state index contributed by atoms with van der Waals surface area (Å²) in [6, 6.07) is 1.74. The van der Waals surface area contributed by atoms with Crippen LogP contribution >= 0.6 is 0 Å². The molecule has 1 heterocycles. The minimum absolute atomic E-state index is 0.124. The van der Waals surface area contributed by atoms with E-state index in [1.807, 2.05) is 13.8 Å². The molecule has 2 rings (SSSR count). The van der Waals surface area contributed by atoms with E-state index in [0.29, 0.717) is 17.2 Å². The highest BCUT2D eigenvalue weighted by atomic mass is 16.4. The van der Waals surface area contributed by atoms with Crippen molar-refractivity contribution in [2.24, 2.45) is 0 Å². The molecule has 0 saturated heterocycles. The normalized spacial score (nSPS) is 17.6. The average molecular weight is 236 g/mol. The molecule has 1 aliphatic carbocycles. The molecule has 3 heteroatoms. The van der Waals surface area contributed by atoms with E-state index in [0.717, 1.165) is 18.6 Å². The maximum Gasteiger partial charge on any atom is 0.339 e. The molecular formula is C14H20O3. The van der Waals surface area contributed by atoms with Crippen LogP contribution < -0.4 is 0 Å². The number of hydrogen-bond acceptors (Lipinski definition) is 2. The van der Waals surface area contributed by atoms with E-state index in [2.05, 4.69) is 0 Å². The van der Waals surface area contributed by atoms with E-state index < -0.39 is 5.97 Å². The summed E-state index contributed by atoms with van der Waals surface area (Å²) < 4.78 is 5.80. The topological polar surface area (TPSA) is 50.4 Å². The number of carboxylic acid groups (broad SMARTS) is 1. The van der Waals surface area contributed by atoms with Crippen molar-refractivity contribution in [3.05, 3.63) is 23.2 Å². The van der Waals surface area contributed by atoms with Gasteiger partial charge in [0.05, 0.1) is 0 Å². The van der Waals surface area contributed by atoms with Crippen LogP contribution in [0, 0.1) is 0 Å². The predicted octanol–water partition coefficient (Wildman–Crippen LogP) is 4.15. The smallest absolute Gasteiger partial charge is 0.339 e. The van der Waals surface area contributed by atoms with E-state index in [1.54, 1.807) is 6.07 Å². The second kappa shape index (κ2) is 4.94. The van der Waals surface area contributed by atoms with Crippen molar-refractivity contribution in [2.45, 2.75) is 57.8 Å². The van der Waals surface area contributed by atoms with E-state index in [4.69, 9.17) is 9.52 Å². The molecule has 94 valence electrons. The number of carbonyl (C=O) groups is 1. The minimum Gasteiger partial charge on any atom is -0.478 e. The van der Waals surface area contributed by atoms with Gasteiger partial charge in [-0.15, -0.1) is 0 Å². The fourth-order valence-corrected chi connectivity index (χ4v) is 2.61. The first-order chi connectivity index (χ1) is 8.09. The quantitative estimate of drug-likeness (QED) is 0.857. The molecule has 0 aliphatic heterocycles. The van der Waals surface area contributed by atoms with Gasteiger partial charge in [-0.1, -0.05) is 33.1 Å². The zero-order chi connectivity index (χ0) is 12.4. The number of carboxylic acids is 1. The second-order valence-corrected chi connectivity index (χ2v) is 5.22. The largest absolute Gasteiger partial charge is 0.478 e. The molecule has 0 atom stereocenters. The Morgan fingerprint density at radius 1 is 1.35 bits per heavy atom. The molecule has 1 N–H and O–H groups in total. The number of aromatic carboxylic acids is 1. The Hall–Kier alpha value is -1.25. The summed E-state index contributed by atoms with van der Waals surface area (Å²) in [5.74, 6) is 1.18. The van der Waals surface area contributed by atoms with Gasteiger partial charge in [0, 0.05) is 11.8 Å². The molecule has 0 aromatic carbocycles. The van der Waals surface area contributed by atoms with Gasteiger partial charge in [0.25, 0.3) is 0 Å². The second-order valence-electron chi connectivity index (χ2n) is 5.22. The van der Waals surface area contributed by atoms with Crippen LogP contribution in [0.25, 0.3) is 0 Å². The van der Waals surface area contributed by atoms with Crippen molar-refractivity contribution in [1.82, 2.24) is 0 Å². The summed E-state index contributed by atoms with van der Waals surface area (Å²) in [4.78, 5) is 11.2. The lowest BCUT2D eigenvalue weighted by atomic mass is 9.87. The summed E-state index contributed by atoms with van der Waals surface area (Å²) in [5.41, 5.74) is 0.348. The predicted molar refractivity (Wildman–Crippen MR) is 65.6 cm³/mol. The van der Waals surface area contributed by atoms with Crippen LogP contribution in [0.15, 0.2) is 10.5 Å². The van der Waals surface area contributed by atoms with Crippen LogP contribution in [-0.2, 0) is 0 Å². The van der Waals surface area contributed by atoms with Crippen molar-refractivity contribution >= 4 is 5.97 Å². The maximum absolute atomic E-state index is 11.2. The van der Waals surface area contributed by atoms with Crippen LogP contribution in [-0.4, -0.2) is 11.1 Å². The van der Waals surface area contributed by atoms with Gasteiger partial charge < -0.3 is 9.52 Å². The van der Waals surface area contributed by atoms with Gasteiger partial charge in [0.2, 0.25) is 0 Å². The first-order valence-corrected chi connectivity index (χ1v) is 6.46. The summed E-state index contributed by atoms with van der Waals surface area (Å²) in [7, 11) is 0. The average Bonchev–Trinajstić information content (AvgIpc) is 2.75. The summed E-state index contributed by atoms with van der Waals surface area (Å²) in [6.07, 6.45) is 6.00. The Morgan fingerprint density at radius 2 is 2.00 bits per heavy atom. The van der Waals surface area contributed by atoms with Gasteiger partial charge in [0.1, 0.15) is 17.1 Å². The highest BCUT2D eigenvalue weighted by molar-refractivity contribution is 5.89. The molecule has 0 radical (unpaired) electrons. The third-order valence-electron chi connectivity index (χ3n) is 3.54. The summed E-state index contributed by atoms with van der Waals surface area (Å²) >= 11 is 0. The highest BCUT2D eigenvalue weighted by Crippen LogP contribution is 2.36. The Morgan fingerprint density at radius 3 is 2.47 bits per heavy atom. The minimum atomic E-state index is -0.875. The molecular weight excluding hydrogens is 216 g/mol.